The standard InChI is InChI=1S/C12H17N5/c1-9(2)17-7-11(5-15-17)16-8-14-6-12(16)10-3-13-4-10/h5-10,13H,3-4H2,1-2H3. The van der Waals surface area contributed by atoms with Gasteiger partial charge in [0.05, 0.1) is 18.2 Å². The van der Waals surface area contributed by atoms with Gasteiger partial charge in [0.15, 0.2) is 0 Å². The Morgan fingerprint density at radius 3 is 2.76 bits per heavy atom. The van der Waals surface area contributed by atoms with Gasteiger partial charge in [-0.25, -0.2) is 4.98 Å². The van der Waals surface area contributed by atoms with Crippen molar-refractivity contribution >= 4 is 0 Å². The van der Waals surface area contributed by atoms with Crippen LogP contribution in [0.1, 0.15) is 31.5 Å². The third kappa shape index (κ3) is 1.76. The fourth-order valence-corrected chi connectivity index (χ4v) is 2.06. The van der Waals surface area contributed by atoms with Gasteiger partial charge in [-0.1, -0.05) is 0 Å². The molecular weight excluding hydrogens is 214 g/mol. The van der Waals surface area contributed by atoms with E-state index >= 15 is 0 Å². The van der Waals surface area contributed by atoms with Crippen LogP contribution in [-0.4, -0.2) is 32.4 Å². The lowest BCUT2D eigenvalue weighted by molar-refractivity contribution is 0.435. The molecule has 2 aromatic rings. The van der Waals surface area contributed by atoms with Gasteiger partial charge in [0.1, 0.15) is 0 Å². The number of rotatable bonds is 3. The summed E-state index contributed by atoms with van der Waals surface area (Å²) < 4.78 is 4.11. The Balaban J connectivity index is 1.94. The lowest BCUT2D eigenvalue weighted by atomic mass is 10.00. The van der Waals surface area contributed by atoms with Crippen molar-refractivity contribution in [3.8, 4) is 5.69 Å². The number of hydrogen-bond acceptors (Lipinski definition) is 3. The van der Waals surface area contributed by atoms with Crippen LogP contribution in [0.15, 0.2) is 24.9 Å². The zero-order valence-electron chi connectivity index (χ0n) is 10.2. The lowest BCUT2D eigenvalue weighted by Crippen LogP contribution is -2.40. The van der Waals surface area contributed by atoms with Crippen molar-refractivity contribution in [3.63, 3.8) is 0 Å². The van der Waals surface area contributed by atoms with E-state index in [1.165, 1.54) is 5.69 Å². The smallest absolute Gasteiger partial charge is 0.0995 e. The topological polar surface area (TPSA) is 47.7 Å². The van der Waals surface area contributed by atoms with Gasteiger partial charge in [0, 0.05) is 43.1 Å². The molecule has 0 saturated carbocycles. The minimum atomic E-state index is 0.390. The summed E-state index contributed by atoms with van der Waals surface area (Å²) in [5.41, 5.74) is 2.37. The molecule has 5 nitrogen and oxygen atoms in total. The quantitative estimate of drug-likeness (QED) is 0.867. The van der Waals surface area contributed by atoms with Crippen molar-refractivity contribution < 1.29 is 0 Å². The summed E-state index contributed by atoms with van der Waals surface area (Å²) in [4.78, 5) is 4.25. The van der Waals surface area contributed by atoms with Crippen LogP contribution in [0, 0.1) is 0 Å². The second-order valence-corrected chi connectivity index (χ2v) is 4.82. The average molecular weight is 231 g/mol. The molecule has 0 unspecified atom stereocenters. The van der Waals surface area contributed by atoms with E-state index in [2.05, 4.69) is 40.0 Å². The van der Waals surface area contributed by atoms with Crippen LogP contribution >= 0.6 is 0 Å². The molecule has 90 valence electrons. The molecular formula is C12H17N5. The second kappa shape index (κ2) is 4.00. The molecule has 0 amide bonds. The fourth-order valence-electron chi connectivity index (χ4n) is 2.06. The molecule has 0 spiro atoms. The van der Waals surface area contributed by atoms with Crippen molar-refractivity contribution in [1.82, 2.24) is 24.6 Å². The van der Waals surface area contributed by atoms with E-state index in [9.17, 15) is 0 Å². The molecule has 1 N–H and O–H groups in total. The zero-order valence-corrected chi connectivity index (χ0v) is 10.2. The van der Waals surface area contributed by atoms with Crippen molar-refractivity contribution in [2.24, 2.45) is 0 Å². The molecule has 2 aromatic heterocycles. The van der Waals surface area contributed by atoms with E-state index < -0.39 is 0 Å². The molecule has 5 heteroatoms. The first-order valence-corrected chi connectivity index (χ1v) is 6.03. The van der Waals surface area contributed by atoms with Gasteiger partial charge in [0.25, 0.3) is 0 Å². The highest BCUT2D eigenvalue weighted by Gasteiger charge is 2.23. The van der Waals surface area contributed by atoms with E-state index in [4.69, 9.17) is 0 Å². The molecule has 3 rings (SSSR count). The van der Waals surface area contributed by atoms with Crippen molar-refractivity contribution in [3.05, 3.63) is 30.6 Å². The maximum absolute atomic E-state index is 4.37. The Morgan fingerprint density at radius 1 is 1.35 bits per heavy atom. The number of aromatic nitrogens is 4. The Bertz CT molecular complexity index is 506. The van der Waals surface area contributed by atoms with E-state index in [1.54, 1.807) is 0 Å². The summed E-state index contributed by atoms with van der Waals surface area (Å²) in [5.74, 6) is 0.583. The summed E-state index contributed by atoms with van der Waals surface area (Å²) in [6.07, 6.45) is 7.80. The summed E-state index contributed by atoms with van der Waals surface area (Å²) in [6.45, 7) is 6.34. The first-order valence-electron chi connectivity index (χ1n) is 6.03. The molecule has 3 heterocycles. The summed E-state index contributed by atoms with van der Waals surface area (Å²) in [6, 6.07) is 0.390. The number of nitrogens with one attached hydrogen (secondary N) is 1. The second-order valence-electron chi connectivity index (χ2n) is 4.82. The predicted octanol–water partition coefficient (Wildman–Crippen LogP) is 1.34. The largest absolute Gasteiger partial charge is 0.315 e. The Hall–Kier alpha value is -1.62. The van der Waals surface area contributed by atoms with E-state index in [0.29, 0.717) is 12.0 Å². The summed E-state index contributed by atoms with van der Waals surface area (Å²) >= 11 is 0. The zero-order chi connectivity index (χ0) is 11.8. The van der Waals surface area contributed by atoms with Gasteiger partial charge in [-0.2, -0.15) is 5.10 Å². The van der Waals surface area contributed by atoms with Crippen LogP contribution in [-0.2, 0) is 0 Å². The van der Waals surface area contributed by atoms with Crippen molar-refractivity contribution in [2.75, 3.05) is 13.1 Å². The molecule has 1 aliphatic rings. The van der Waals surface area contributed by atoms with Crippen molar-refractivity contribution in [2.45, 2.75) is 25.8 Å². The minimum absolute atomic E-state index is 0.390. The predicted molar refractivity (Wildman–Crippen MR) is 65.3 cm³/mol. The lowest BCUT2D eigenvalue weighted by Gasteiger charge is -2.27. The van der Waals surface area contributed by atoms with Crippen LogP contribution in [0.3, 0.4) is 0 Å². The first-order chi connectivity index (χ1) is 8.25. The average Bonchev–Trinajstić information content (AvgIpc) is 2.80. The maximum Gasteiger partial charge on any atom is 0.0995 e. The Morgan fingerprint density at radius 2 is 2.18 bits per heavy atom. The Kier molecular flexibility index (Phi) is 2.48. The van der Waals surface area contributed by atoms with Gasteiger partial charge in [-0.3, -0.25) is 9.25 Å². The van der Waals surface area contributed by atoms with Crippen LogP contribution < -0.4 is 5.32 Å². The van der Waals surface area contributed by atoms with Gasteiger partial charge >= 0.3 is 0 Å². The molecule has 0 aromatic carbocycles. The highest BCUT2D eigenvalue weighted by Crippen LogP contribution is 2.22. The van der Waals surface area contributed by atoms with Gasteiger partial charge in [-0.15, -0.1) is 0 Å². The monoisotopic (exact) mass is 231 g/mol. The minimum Gasteiger partial charge on any atom is -0.315 e. The summed E-state index contributed by atoms with van der Waals surface area (Å²) in [5, 5.41) is 7.66. The maximum atomic E-state index is 4.37. The first kappa shape index (κ1) is 10.5. The van der Waals surface area contributed by atoms with Crippen LogP contribution in [0.4, 0.5) is 0 Å². The van der Waals surface area contributed by atoms with Gasteiger partial charge < -0.3 is 5.32 Å². The van der Waals surface area contributed by atoms with E-state index in [0.717, 1.165) is 18.8 Å². The third-order valence-electron chi connectivity index (χ3n) is 3.26. The normalized spacial score (nSPS) is 16.4. The van der Waals surface area contributed by atoms with Crippen LogP contribution in [0.2, 0.25) is 0 Å². The molecule has 0 aliphatic carbocycles. The molecule has 1 fully saturated rings. The molecule has 0 atom stereocenters. The third-order valence-corrected chi connectivity index (χ3v) is 3.26. The van der Waals surface area contributed by atoms with E-state index in [1.807, 2.05) is 23.4 Å². The number of nitrogens with zero attached hydrogens (tertiary/aromatic N) is 4. The van der Waals surface area contributed by atoms with E-state index in [-0.39, 0.29) is 0 Å². The molecule has 0 bridgehead atoms. The highest BCUT2D eigenvalue weighted by atomic mass is 15.3. The summed E-state index contributed by atoms with van der Waals surface area (Å²) in [7, 11) is 0. The molecule has 1 saturated heterocycles. The number of hydrogen-bond donors (Lipinski definition) is 1. The fraction of sp³-hybridized carbons (Fsp3) is 0.500. The number of imidazole rings is 1. The molecule has 0 radical (unpaired) electrons. The van der Waals surface area contributed by atoms with Crippen LogP contribution in [0.25, 0.3) is 5.69 Å². The molecule has 17 heavy (non-hydrogen) atoms. The highest BCUT2D eigenvalue weighted by molar-refractivity contribution is 5.30. The van der Waals surface area contributed by atoms with Crippen LogP contribution in [0.5, 0.6) is 0 Å². The van der Waals surface area contributed by atoms with Crippen molar-refractivity contribution in [1.29, 1.82) is 0 Å². The Labute approximate surface area is 100 Å². The molecule has 1 aliphatic heterocycles. The SMILES string of the molecule is CC(C)n1cc(-n2cncc2C2CNC2)cn1. The van der Waals surface area contributed by atoms with Gasteiger partial charge in [0.2, 0.25) is 0 Å². The van der Waals surface area contributed by atoms with Gasteiger partial charge in [-0.05, 0) is 13.8 Å².